The highest BCUT2D eigenvalue weighted by Gasteiger charge is 2.48. The molecule has 0 aromatic carbocycles. The Morgan fingerprint density at radius 3 is 2.45 bits per heavy atom. The largest absolute Gasteiger partial charge is 0.481 e. The van der Waals surface area contributed by atoms with E-state index in [1.807, 2.05) is 0 Å². The van der Waals surface area contributed by atoms with Crippen molar-refractivity contribution in [1.82, 2.24) is 9.88 Å². The van der Waals surface area contributed by atoms with Crippen LogP contribution in [0.4, 0.5) is 8.78 Å². The van der Waals surface area contributed by atoms with E-state index in [1.165, 1.54) is 24.9 Å². The summed E-state index contributed by atoms with van der Waals surface area (Å²) < 4.78 is 31.1. The molecule has 3 atom stereocenters. The number of aliphatic carboxylic acids is 1. The summed E-state index contributed by atoms with van der Waals surface area (Å²) in [6.45, 7) is 3.01. The molecule has 0 radical (unpaired) electrons. The lowest BCUT2D eigenvalue weighted by atomic mass is 9.95. The third-order valence-corrected chi connectivity index (χ3v) is 6.40. The summed E-state index contributed by atoms with van der Waals surface area (Å²) in [6, 6.07) is 3.43. The van der Waals surface area contributed by atoms with Crippen LogP contribution in [0.3, 0.4) is 0 Å². The Balaban J connectivity index is 0.000000501. The number of pyridine rings is 1. The zero-order valence-corrected chi connectivity index (χ0v) is 18.8. The summed E-state index contributed by atoms with van der Waals surface area (Å²) >= 11 is 7.19. The van der Waals surface area contributed by atoms with Crippen LogP contribution in [-0.2, 0) is 19.1 Å². The van der Waals surface area contributed by atoms with Crippen molar-refractivity contribution in [2.24, 2.45) is 11.8 Å². The predicted octanol–water partition coefficient (Wildman–Crippen LogP) is 3.74. The molecule has 7 nitrogen and oxygen atoms in total. The van der Waals surface area contributed by atoms with Crippen LogP contribution in [0.2, 0.25) is 5.02 Å². The Hall–Kier alpha value is -1.94. The van der Waals surface area contributed by atoms with Gasteiger partial charge in [-0.25, -0.2) is 13.8 Å². The maximum absolute atomic E-state index is 13.4. The molecule has 0 spiro atoms. The molecule has 2 heterocycles. The summed E-state index contributed by atoms with van der Waals surface area (Å²) in [5.74, 6) is -6.25. The number of halogens is 3. The smallest absolute Gasteiger partial charge is 0.307 e. The first-order valence-corrected chi connectivity index (χ1v) is 11.1. The number of ether oxygens (including phenoxy) is 1. The summed E-state index contributed by atoms with van der Waals surface area (Å²) in [6.07, 6.45) is 1.79. The van der Waals surface area contributed by atoms with Gasteiger partial charge in [0.15, 0.2) is 0 Å². The number of amides is 1. The number of hydrogen-bond donors (Lipinski definition) is 1. The second-order valence-electron chi connectivity index (χ2n) is 7.37. The fourth-order valence-electron chi connectivity index (χ4n) is 3.60. The molecule has 1 aromatic heterocycles. The first kappa shape index (κ1) is 25.3. The van der Waals surface area contributed by atoms with Crippen LogP contribution in [0.5, 0.6) is 0 Å². The third-order valence-electron chi connectivity index (χ3n) is 4.97. The van der Waals surface area contributed by atoms with E-state index in [2.05, 4.69) is 9.72 Å². The van der Waals surface area contributed by atoms with Crippen LogP contribution in [-0.4, -0.2) is 63.7 Å². The van der Waals surface area contributed by atoms with Crippen LogP contribution < -0.4 is 0 Å². The molecule has 1 aliphatic carbocycles. The van der Waals surface area contributed by atoms with Crippen molar-refractivity contribution < 1.29 is 33.0 Å². The number of likely N-dealkylation sites (tertiary alicyclic amines) is 1. The van der Waals surface area contributed by atoms with E-state index in [-0.39, 0.29) is 24.2 Å². The first-order valence-electron chi connectivity index (χ1n) is 9.83. The van der Waals surface area contributed by atoms with E-state index >= 15 is 0 Å². The summed E-state index contributed by atoms with van der Waals surface area (Å²) in [4.78, 5) is 39.2. The molecule has 1 aromatic rings. The molecule has 1 amide bonds. The molecular weight excluding hydrogens is 454 g/mol. The fourth-order valence-corrected chi connectivity index (χ4v) is 4.92. The molecule has 2 fully saturated rings. The van der Waals surface area contributed by atoms with Gasteiger partial charge in [0.2, 0.25) is 5.91 Å². The summed E-state index contributed by atoms with van der Waals surface area (Å²) in [5.41, 5.74) is 0. The Labute approximate surface area is 188 Å². The second-order valence-corrected chi connectivity index (χ2v) is 9.12. The average molecular weight is 479 g/mol. The highest BCUT2D eigenvalue weighted by atomic mass is 35.5. The van der Waals surface area contributed by atoms with Crippen LogP contribution in [0.25, 0.3) is 0 Å². The lowest BCUT2D eigenvalue weighted by molar-refractivity contribution is -0.149. The van der Waals surface area contributed by atoms with Gasteiger partial charge in [-0.15, -0.1) is 11.8 Å². The first-order chi connectivity index (χ1) is 14.5. The van der Waals surface area contributed by atoms with Crippen LogP contribution in [0.15, 0.2) is 23.4 Å². The van der Waals surface area contributed by atoms with Crippen molar-refractivity contribution in [3.8, 4) is 0 Å². The zero-order valence-electron chi connectivity index (χ0n) is 17.2. The Kier molecular flexibility index (Phi) is 9.05. The molecule has 0 unspecified atom stereocenters. The lowest BCUT2D eigenvalue weighted by Gasteiger charge is -2.22. The number of thioether (sulfide) groups is 1. The highest BCUT2D eigenvalue weighted by molar-refractivity contribution is 7.99. The van der Waals surface area contributed by atoms with Gasteiger partial charge in [0, 0.05) is 31.3 Å². The van der Waals surface area contributed by atoms with Gasteiger partial charge in [0.25, 0.3) is 5.92 Å². The lowest BCUT2D eigenvalue weighted by Crippen LogP contribution is -2.39. The van der Waals surface area contributed by atoms with E-state index in [0.29, 0.717) is 29.5 Å². The molecule has 3 rings (SSSR count). The predicted molar refractivity (Wildman–Crippen MR) is 111 cm³/mol. The van der Waals surface area contributed by atoms with Crippen LogP contribution >= 0.6 is 23.4 Å². The van der Waals surface area contributed by atoms with Gasteiger partial charge < -0.3 is 14.7 Å². The van der Waals surface area contributed by atoms with E-state index in [4.69, 9.17) is 11.6 Å². The maximum Gasteiger partial charge on any atom is 0.307 e. The third kappa shape index (κ3) is 7.60. The maximum atomic E-state index is 13.4. The van der Waals surface area contributed by atoms with Gasteiger partial charge in [-0.3, -0.25) is 14.4 Å². The number of rotatable bonds is 5. The molecular formula is C20H25ClF2N2O5S. The van der Waals surface area contributed by atoms with Gasteiger partial charge in [-0.1, -0.05) is 11.6 Å². The summed E-state index contributed by atoms with van der Waals surface area (Å²) in [7, 11) is 0. The van der Waals surface area contributed by atoms with Gasteiger partial charge in [-0.05, 0) is 31.9 Å². The molecule has 1 saturated heterocycles. The van der Waals surface area contributed by atoms with Crippen molar-refractivity contribution >= 4 is 41.2 Å². The molecule has 0 bridgehead atoms. The molecule has 1 saturated carbocycles. The van der Waals surface area contributed by atoms with E-state index in [1.54, 1.807) is 19.1 Å². The number of alkyl halides is 2. The van der Waals surface area contributed by atoms with Gasteiger partial charge in [0.1, 0.15) is 0 Å². The molecule has 2 aliphatic rings. The number of carbonyl (C=O) groups is 3. The molecule has 11 heteroatoms. The minimum absolute atomic E-state index is 0.0226. The quantitative estimate of drug-likeness (QED) is 0.644. The SMILES string of the molecule is CCOC(C)=O.O=C(O)[C@@H]1C[C@@H](Sc2ccc(Cl)cn2)C[C@H]1C(=O)N1CCC(F)(F)C1. The summed E-state index contributed by atoms with van der Waals surface area (Å²) in [5, 5.41) is 10.5. The number of nitrogens with zero attached hydrogens (tertiary/aromatic N) is 2. The minimum Gasteiger partial charge on any atom is -0.481 e. The molecule has 1 N–H and O–H groups in total. The molecule has 1 aliphatic heterocycles. The molecule has 172 valence electrons. The monoisotopic (exact) mass is 478 g/mol. The van der Waals surface area contributed by atoms with E-state index in [9.17, 15) is 28.3 Å². The standard InChI is InChI=1S/C16H17ClF2N2O3S.C4H8O2/c17-9-1-2-13(20-7-9)25-10-5-11(12(6-10)15(23)24)14(22)21-4-3-16(18,19)8-21;1-3-6-4(2)5/h1-2,7,10-12H,3-6,8H2,(H,23,24);3H2,1-2H3/t10-,11+,12+;/m0./s1. The Morgan fingerprint density at radius 1 is 1.32 bits per heavy atom. The molecule has 31 heavy (non-hydrogen) atoms. The number of aromatic nitrogens is 1. The second kappa shape index (κ2) is 11.1. The Bertz CT molecular complexity index is 796. The number of hydrogen-bond acceptors (Lipinski definition) is 6. The number of esters is 1. The van der Waals surface area contributed by atoms with Crippen molar-refractivity contribution in [2.75, 3.05) is 19.7 Å². The Morgan fingerprint density at radius 2 is 2.00 bits per heavy atom. The average Bonchev–Trinajstić information content (AvgIpc) is 3.27. The fraction of sp³-hybridized carbons (Fsp3) is 0.600. The van der Waals surface area contributed by atoms with Crippen molar-refractivity contribution in [2.45, 2.75) is 49.3 Å². The van der Waals surface area contributed by atoms with Gasteiger partial charge in [0.05, 0.1) is 35.0 Å². The van der Waals surface area contributed by atoms with Crippen molar-refractivity contribution in [3.63, 3.8) is 0 Å². The van der Waals surface area contributed by atoms with Crippen LogP contribution in [0.1, 0.15) is 33.1 Å². The number of carboxylic acid groups (broad SMARTS) is 1. The topological polar surface area (TPSA) is 96.8 Å². The van der Waals surface area contributed by atoms with Gasteiger partial charge in [-0.2, -0.15) is 0 Å². The minimum atomic E-state index is -2.88. The van der Waals surface area contributed by atoms with Crippen molar-refractivity contribution in [3.05, 3.63) is 23.4 Å². The zero-order chi connectivity index (χ0) is 23.2. The number of carbonyl (C=O) groups excluding carboxylic acids is 2. The van der Waals surface area contributed by atoms with Crippen molar-refractivity contribution in [1.29, 1.82) is 0 Å². The van der Waals surface area contributed by atoms with Gasteiger partial charge >= 0.3 is 11.9 Å². The van der Waals surface area contributed by atoms with E-state index < -0.39 is 36.2 Å². The normalized spacial score (nSPS) is 24.3. The highest BCUT2D eigenvalue weighted by Crippen LogP contribution is 2.43. The number of carboxylic acids is 1. The van der Waals surface area contributed by atoms with Crippen LogP contribution in [0, 0.1) is 11.8 Å². The van der Waals surface area contributed by atoms with E-state index in [0.717, 1.165) is 4.90 Å².